The molecule has 0 spiro atoms. The first-order valence-corrected chi connectivity index (χ1v) is 12.9. The molecule has 34 heavy (non-hydrogen) atoms. The Morgan fingerprint density at radius 1 is 1.06 bits per heavy atom. The first-order chi connectivity index (χ1) is 16.7. The summed E-state index contributed by atoms with van der Waals surface area (Å²) < 4.78 is 6.64. The minimum atomic E-state index is -0.0773. The fourth-order valence-electron chi connectivity index (χ4n) is 4.36. The van der Waals surface area contributed by atoms with Crippen LogP contribution in [0.5, 0.6) is 5.75 Å². The highest BCUT2D eigenvalue weighted by atomic mass is 32.1. The monoisotopic (exact) mass is 479 g/mol. The van der Waals surface area contributed by atoms with Crippen LogP contribution < -0.4 is 15.6 Å². The molecule has 0 atom stereocenters. The van der Waals surface area contributed by atoms with Gasteiger partial charge in [0.2, 0.25) is 0 Å². The topological polar surface area (TPSA) is 77.6 Å². The third-order valence-electron chi connectivity index (χ3n) is 6.26. The van der Waals surface area contributed by atoms with Gasteiger partial charge >= 0.3 is 0 Å². The Kier molecular flexibility index (Phi) is 8.34. The number of rotatable bonds is 12. The first kappa shape index (κ1) is 24.4. The lowest BCUT2D eigenvalue weighted by Crippen LogP contribution is -2.32. The van der Waals surface area contributed by atoms with Gasteiger partial charge in [0.15, 0.2) is 0 Å². The first-order valence-electron chi connectivity index (χ1n) is 12.0. The number of pyridine rings is 1. The zero-order valence-electron chi connectivity index (χ0n) is 19.9. The van der Waals surface area contributed by atoms with E-state index in [-0.39, 0.29) is 12.2 Å². The standard InChI is InChI=1S/C27H33N3O3S/c1-3-30(4-2)15-14-28-13-5-16-33-21-9-6-19(7-10-21)24-20(18-31)8-11-23-25(24)22-12-17-34-26(22)27(32)29-23/h6-12,17,28,31H,3-5,13-16,18H2,1-2H3,(H,29,32). The second kappa shape index (κ2) is 11.6. The number of ether oxygens (including phenoxy) is 1. The molecular formula is C27H33N3O3S. The number of thiophene rings is 1. The normalized spacial score (nSPS) is 11.6. The van der Waals surface area contributed by atoms with E-state index in [1.165, 1.54) is 11.3 Å². The lowest BCUT2D eigenvalue weighted by molar-refractivity contribution is 0.282. The van der Waals surface area contributed by atoms with Gasteiger partial charge < -0.3 is 25.0 Å². The van der Waals surface area contributed by atoms with Gasteiger partial charge in [0.05, 0.1) is 13.2 Å². The van der Waals surface area contributed by atoms with E-state index in [4.69, 9.17) is 4.74 Å². The molecular weight excluding hydrogens is 446 g/mol. The van der Waals surface area contributed by atoms with Crippen LogP contribution in [-0.4, -0.2) is 54.3 Å². The Hall–Kier alpha value is -2.71. The molecule has 2 aromatic heterocycles. The van der Waals surface area contributed by atoms with Gasteiger partial charge in [-0.3, -0.25) is 4.79 Å². The molecule has 0 saturated heterocycles. The number of nitrogens with one attached hydrogen (secondary N) is 2. The average molecular weight is 480 g/mol. The number of H-pyrrole nitrogens is 1. The van der Waals surface area contributed by atoms with Crippen molar-refractivity contribution < 1.29 is 9.84 Å². The van der Waals surface area contributed by atoms with E-state index >= 15 is 0 Å². The van der Waals surface area contributed by atoms with Crippen LogP contribution in [0.4, 0.5) is 0 Å². The van der Waals surface area contributed by atoms with Crippen LogP contribution in [0.3, 0.4) is 0 Å². The van der Waals surface area contributed by atoms with Crippen LogP contribution in [0.1, 0.15) is 25.8 Å². The van der Waals surface area contributed by atoms with Gasteiger partial charge in [0, 0.05) is 29.4 Å². The van der Waals surface area contributed by atoms with Crippen molar-refractivity contribution in [3.8, 4) is 16.9 Å². The Morgan fingerprint density at radius 3 is 2.59 bits per heavy atom. The van der Waals surface area contributed by atoms with E-state index in [1.54, 1.807) is 0 Å². The lowest BCUT2D eigenvalue weighted by atomic mass is 9.93. The number of benzene rings is 2. The molecule has 7 heteroatoms. The predicted octanol–water partition coefficient (Wildman–Crippen LogP) is 4.60. The molecule has 4 aromatic rings. The molecule has 180 valence electrons. The number of fused-ring (bicyclic) bond motifs is 3. The van der Waals surface area contributed by atoms with Crippen molar-refractivity contribution in [2.24, 2.45) is 0 Å². The summed E-state index contributed by atoms with van der Waals surface area (Å²) in [7, 11) is 0. The molecule has 0 saturated carbocycles. The SMILES string of the molecule is CCN(CC)CCNCCCOc1ccc(-c2c(CO)ccc3[nH]c(=O)c4sccc4c23)cc1. The highest BCUT2D eigenvalue weighted by Gasteiger charge is 2.15. The molecule has 0 fully saturated rings. The van der Waals surface area contributed by atoms with E-state index in [0.717, 1.165) is 77.9 Å². The van der Waals surface area contributed by atoms with Crippen molar-refractivity contribution in [1.82, 2.24) is 15.2 Å². The zero-order valence-corrected chi connectivity index (χ0v) is 20.7. The summed E-state index contributed by atoms with van der Waals surface area (Å²) in [5.41, 5.74) is 3.46. The molecule has 4 rings (SSSR count). The van der Waals surface area contributed by atoms with Crippen molar-refractivity contribution in [3.63, 3.8) is 0 Å². The minimum Gasteiger partial charge on any atom is -0.494 e. The van der Waals surface area contributed by atoms with E-state index < -0.39 is 0 Å². The molecule has 3 N–H and O–H groups in total. The molecule has 0 bridgehead atoms. The maximum Gasteiger partial charge on any atom is 0.266 e. The fourth-order valence-corrected chi connectivity index (χ4v) is 5.15. The second-order valence-electron chi connectivity index (χ2n) is 8.30. The van der Waals surface area contributed by atoms with Crippen LogP contribution in [0.2, 0.25) is 0 Å². The van der Waals surface area contributed by atoms with Gasteiger partial charge in [-0.05, 0) is 72.4 Å². The Balaban J connectivity index is 1.44. The maximum absolute atomic E-state index is 12.4. The van der Waals surface area contributed by atoms with Crippen LogP contribution in [0.15, 0.2) is 52.6 Å². The largest absolute Gasteiger partial charge is 0.494 e. The molecule has 2 heterocycles. The second-order valence-corrected chi connectivity index (χ2v) is 9.22. The van der Waals surface area contributed by atoms with Crippen LogP contribution >= 0.6 is 11.3 Å². The quantitative estimate of drug-likeness (QED) is 0.259. The van der Waals surface area contributed by atoms with Crippen molar-refractivity contribution in [1.29, 1.82) is 0 Å². The van der Waals surface area contributed by atoms with Crippen LogP contribution in [0.25, 0.3) is 32.1 Å². The van der Waals surface area contributed by atoms with Gasteiger partial charge in [0.1, 0.15) is 10.4 Å². The number of aliphatic hydroxyl groups excluding tert-OH is 1. The Morgan fingerprint density at radius 2 is 1.85 bits per heavy atom. The molecule has 0 unspecified atom stereocenters. The van der Waals surface area contributed by atoms with Gasteiger partial charge in [-0.2, -0.15) is 0 Å². The van der Waals surface area contributed by atoms with Gasteiger partial charge in [-0.15, -0.1) is 11.3 Å². The van der Waals surface area contributed by atoms with E-state index in [9.17, 15) is 9.90 Å². The van der Waals surface area contributed by atoms with Gasteiger partial charge in [0.25, 0.3) is 5.56 Å². The summed E-state index contributed by atoms with van der Waals surface area (Å²) in [5.74, 6) is 0.826. The lowest BCUT2D eigenvalue weighted by Gasteiger charge is -2.18. The van der Waals surface area contributed by atoms with Crippen molar-refractivity contribution >= 4 is 32.3 Å². The summed E-state index contributed by atoms with van der Waals surface area (Å²) in [4.78, 5) is 17.8. The number of aromatic nitrogens is 1. The summed E-state index contributed by atoms with van der Waals surface area (Å²) in [6.45, 7) is 10.2. The number of likely N-dealkylation sites (N-methyl/N-ethyl adjacent to an activating group) is 1. The number of nitrogens with zero attached hydrogens (tertiary/aromatic N) is 1. The number of aliphatic hydroxyl groups is 1. The molecule has 6 nitrogen and oxygen atoms in total. The van der Waals surface area contributed by atoms with Crippen LogP contribution in [0, 0.1) is 0 Å². The van der Waals surface area contributed by atoms with Gasteiger partial charge in [-0.25, -0.2) is 0 Å². The summed E-state index contributed by atoms with van der Waals surface area (Å²) in [6.07, 6.45) is 0.946. The van der Waals surface area contributed by atoms with Crippen molar-refractivity contribution in [3.05, 3.63) is 63.8 Å². The third kappa shape index (κ3) is 5.33. The van der Waals surface area contributed by atoms with E-state index in [1.807, 2.05) is 47.8 Å². The Labute approximate surface area is 204 Å². The minimum absolute atomic E-state index is 0.0739. The summed E-state index contributed by atoms with van der Waals surface area (Å²) in [6, 6.07) is 13.7. The Bertz CT molecular complexity index is 1280. The maximum atomic E-state index is 12.4. The molecule has 0 aliphatic heterocycles. The van der Waals surface area contributed by atoms with Crippen molar-refractivity contribution in [2.45, 2.75) is 26.9 Å². The molecule has 0 aliphatic carbocycles. The summed E-state index contributed by atoms with van der Waals surface area (Å²) >= 11 is 1.43. The molecule has 0 aliphatic rings. The van der Waals surface area contributed by atoms with E-state index in [2.05, 4.69) is 29.0 Å². The molecule has 0 radical (unpaired) electrons. The summed E-state index contributed by atoms with van der Waals surface area (Å²) in [5, 5.41) is 17.3. The smallest absolute Gasteiger partial charge is 0.266 e. The molecule has 0 amide bonds. The van der Waals surface area contributed by atoms with Crippen molar-refractivity contribution in [2.75, 3.05) is 39.3 Å². The number of hydrogen-bond acceptors (Lipinski definition) is 6. The highest BCUT2D eigenvalue weighted by Crippen LogP contribution is 2.37. The zero-order chi connectivity index (χ0) is 23.9. The highest BCUT2D eigenvalue weighted by molar-refractivity contribution is 7.17. The predicted molar refractivity (Wildman–Crippen MR) is 142 cm³/mol. The third-order valence-corrected chi connectivity index (χ3v) is 7.17. The van der Waals surface area contributed by atoms with Gasteiger partial charge in [-0.1, -0.05) is 32.0 Å². The number of hydrogen-bond donors (Lipinski definition) is 3. The van der Waals surface area contributed by atoms with E-state index in [0.29, 0.717) is 11.3 Å². The average Bonchev–Trinajstić information content (AvgIpc) is 3.36. The fraction of sp³-hybridized carbons (Fsp3) is 0.370. The molecule has 2 aromatic carbocycles. The van der Waals surface area contributed by atoms with Crippen LogP contribution in [-0.2, 0) is 6.61 Å². The number of aromatic amines is 1.